The average molecular weight is 299 g/mol. The topological polar surface area (TPSA) is 56.9 Å². The second kappa shape index (κ2) is 7.45. The summed E-state index contributed by atoms with van der Waals surface area (Å²) in [6.45, 7) is 1.13. The molecular formula is C18H25N3O. The number of hydrogen-bond donors (Lipinski definition) is 3. The van der Waals surface area contributed by atoms with Gasteiger partial charge in [0.2, 0.25) is 5.91 Å². The molecule has 1 fully saturated rings. The molecule has 1 saturated carbocycles. The third kappa shape index (κ3) is 3.89. The highest BCUT2D eigenvalue weighted by Gasteiger charge is 2.13. The second-order valence-electron chi connectivity index (χ2n) is 6.18. The number of para-hydroxylation sites is 1. The average Bonchev–Trinajstić information content (AvgIpc) is 2.97. The van der Waals surface area contributed by atoms with E-state index in [1.165, 1.54) is 43.1 Å². The summed E-state index contributed by atoms with van der Waals surface area (Å²) in [4.78, 5) is 15.2. The summed E-state index contributed by atoms with van der Waals surface area (Å²) in [7, 11) is 0. The molecule has 0 radical (unpaired) electrons. The lowest BCUT2D eigenvalue weighted by Crippen LogP contribution is -2.40. The van der Waals surface area contributed by atoms with Crippen molar-refractivity contribution < 1.29 is 4.79 Å². The Hall–Kier alpha value is -1.81. The van der Waals surface area contributed by atoms with Gasteiger partial charge >= 0.3 is 0 Å². The molecule has 0 atom stereocenters. The van der Waals surface area contributed by atoms with Crippen LogP contribution in [0.1, 0.15) is 37.7 Å². The molecule has 2 aromatic rings. The minimum absolute atomic E-state index is 0.102. The Morgan fingerprint density at radius 3 is 2.86 bits per heavy atom. The molecule has 3 N–H and O–H groups in total. The number of fused-ring (bicyclic) bond motifs is 1. The van der Waals surface area contributed by atoms with Gasteiger partial charge in [-0.15, -0.1) is 0 Å². The van der Waals surface area contributed by atoms with Crippen molar-refractivity contribution in [2.45, 2.75) is 44.6 Å². The lowest BCUT2D eigenvalue weighted by Gasteiger charge is -2.22. The smallest absolute Gasteiger partial charge is 0.233 e. The lowest BCUT2D eigenvalue weighted by molar-refractivity contribution is -0.120. The minimum Gasteiger partial charge on any atom is -0.361 e. The first-order valence-corrected chi connectivity index (χ1v) is 8.38. The number of rotatable bonds is 6. The largest absolute Gasteiger partial charge is 0.361 e. The molecule has 0 spiro atoms. The fraction of sp³-hybridized carbons (Fsp3) is 0.500. The van der Waals surface area contributed by atoms with Gasteiger partial charge in [0.15, 0.2) is 0 Å². The minimum atomic E-state index is 0.102. The van der Waals surface area contributed by atoms with Crippen molar-refractivity contribution in [3.8, 4) is 0 Å². The van der Waals surface area contributed by atoms with Crippen LogP contribution in [0.5, 0.6) is 0 Å². The van der Waals surface area contributed by atoms with Crippen molar-refractivity contribution in [3.63, 3.8) is 0 Å². The summed E-state index contributed by atoms with van der Waals surface area (Å²) in [5, 5.41) is 7.63. The molecule has 0 saturated heterocycles. The maximum absolute atomic E-state index is 11.9. The molecule has 0 bridgehead atoms. The molecule has 4 nitrogen and oxygen atoms in total. The van der Waals surface area contributed by atoms with Crippen LogP contribution in [0.2, 0.25) is 0 Å². The number of H-pyrrole nitrogens is 1. The third-order valence-corrected chi connectivity index (χ3v) is 4.55. The highest BCUT2D eigenvalue weighted by atomic mass is 16.1. The molecule has 22 heavy (non-hydrogen) atoms. The van der Waals surface area contributed by atoms with Crippen molar-refractivity contribution in [2.75, 3.05) is 13.1 Å². The number of nitrogens with one attached hydrogen (secondary N) is 3. The van der Waals surface area contributed by atoms with E-state index >= 15 is 0 Å². The summed E-state index contributed by atoms with van der Waals surface area (Å²) < 4.78 is 0. The zero-order chi connectivity index (χ0) is 15.2. The van der Waals surface area contributed by atoms with Gasteiger partial charge in [-0.25, -0.2) is 0 Å². The number of aromatic amines is 1. The summed E-state index contributed by atoms with van der Waals surface area (Å²) in [6.07, 6.45) is 9.25. The maximum atomic E-state index is 11.9. The summed E-state index contributed by atoms with van der Waals surface area (Å²) in [5.74, 6) is 0.102. The standard InChI is InChI=1S/C18H25N3O/c22-18(13-20-15-6-2-1-3-7-15)19-11-10-14-12-21-17-9-5-4-8-16(14)17/h4-5,8-9,12,15,20-21H,1-3,6-7,10-11,13H2,(H,19,22). The molecular weight excluding hydrogens is 274 g/mol. The Bertz CT molecular complexity index is 614. The van der Waals surface area contributed by atoms with Crippen LogP contribution in [0, 0.1) is 0 Å². The van der Waals surface area contributed by atoms with E-state index in [0.29, 0.717) is 19.1 Å². The summed E-state index contributed by atoms with van der Waals surface area (Å²) in [5.41, 5.74) is 2.42. The first kappa shape index (κ1) is 15.1. The van der Waals surface area contributed by atoms with Gasteiger partial charge in [-0.05, 0) is 30.9 Å². The Balaban J connectivity index is 1.40. The predicted octanol–water partition coefficient (Wildman–Crippen LogP) is 2.75. The molecule has 1 aromatic carbocycles. The van der Waals surface area contributed by atoms with Gasteiger partial charge in [0.25, 0.3) is 0 Å². The van der Waals surface area contributed by atoms with Crippen molar-refractivity contribution in [3.05, 3.63) is 36.0 Å². The Kier molecular flexibility index (Phi) is 5.11. The zero-order valence-corrected chi connectivity index (χ0v) is 13.0. The molecule has 3 rings (SSSR count). The van der Waals surface area contributed by atoms with Crippen LogP contribution in [0.15, 0.2) is 30.5 Å². The van der Waals surface area contributed by atoms with Crippen LogP contribution >= 0.6 is 0 Å². The van der Waals surface area contributed by atoms with Crippen molar-refractivity contribution in [1.29, 1.82) is 0 Å². The van der Waals surface area contributed by atoms with Gasteiger partial charge in [-0.2, -0.15) is 0 Å². The van der Waals surface area contributed by atoms with Crippen molar-refractivity contribution >= 4 is 16.8 Å². The molecule has 4 heteroatoms. The van der Waals surface area contributed by atoms with E-state index in [1.807, 2.05) is 18.3 Å². The van der Waals surface area contributed by atoms with E-state index in [1.54, 1.807) is 0 Å². The number of hydrogen-bond acceptors (Lipinski definition) is 2. The van der Waals surface area contributed by atoms with E-state index < -0.39 is 0 Å². The second-order valence-corrected chi connectivity index (χ2v) is 6.18. The van der Waals surface area contributed by atoms with Crippen molar-refractivity contribution in [2.24, 2.45) is 0 Å². The fourth-order valence-electron chi connectivity index (χ4n) is 3.28. The quantitative estimate of drug-likeness (QED) is 0.768. The van der Waals surface area contributed by atoms with Crippen LogP contribution in [0.25, 0.3) is 10.9 Å². The number of benzene rings is 1. The van der Waals surface area contributed by atoms with Crippen LogP contribution in [0.4, 0.5) is 0 Å². The van der Waals surface area contributed by atoms with Gasteiger partial charge in [0.1, 0.15) is 0 Å². The maximum Gasteiger partial charge on any atom is 0.233 e. The molecule has 1 amide bonds. The summed E-state index contributed by atoms with van der Waals surface area (Å²) >= 11 is 0. The van der Waals surface area contributed by atoms with E-state index in [-0.39, 0.29) is 5.91 Å². The molecule has 1 aliphatic carbocycles. The van der Waals surface area contributed by atoms with E-state index in [0.717, 1.165) is 11.9 Å². The monoisotopic (exact) mass is 299 g/mol. The Morgan fingerprint density at radius 1 is 1.18 bits per heavy atom. The number of amides is 1. The van der Waals surface area contributed by atoms with Gasteiger partial charge < -0.3 is 15.6 Å². The molecule has 118 valence electrons. The highest BCUT2D eigenvalue weighted by molar-refractivity contribution is 5.83. The number of carbonyl (C=O) groups excluding carboxylic acids is 1. The van der Waals surface area contributed by atoms with Crippen molar-refractivity contribution in [1.82, 2.24) is 15.6 Å². The van der Waals surface area contributed by atoms with Gasteiger partial charge in [-0.1, -0.05) is 37.5 Å². The van der Waals surface area contributed by atoms with E-state index in [9.17, 15) is 4.79 Å². The Morgan fingerprint density at radius 2 is 2.00 bits per heavy atom. The molecule has 1 aliphatic rings. The normalized spacial score (nSPS) is 16.0. The Labute approximate surface area is 131 Å². The van der Waals surface area contributed by atoms with Crippen LogP contribution < -0.4 is 10.6 Å². The zero-order valence-electron chi connectivity index (χ0n) is 13.0. The number of carbonyl (C=O) groups is 1. The number of aromatic nitrogens is 1. The lowest BCUT2D eigenvalue weighted by atomic mass is 9.95. The third-order valence-electron chi connectivity index (χ3n) is 4.55. The SMILES string of the molecule is O=C(CNC1CCCCC1)NCCc1c[nH]c2ccccc12. The molecule has 0 unspecified atom stereocenters. The van der Waals surface area contributed by atoms with Crippen LogP contribution in [-0.2, 0) is 11.2 Å². The molecule has 1 aromatic heterocycles. The van der Waals surface area contributed by atoms with E-state index in [4.69, 9.17) is 0 Å². The van der Waals surface area contributed by atoms with Gasteiger partial charge in [0, 0.05) is 29.7 Å². The van der Waals surface area contributed by atoms with Crippen LogP contribution in [0.3, 0.4) is 0 Å². The first-order valence-electron chi connectivity index (χ1n) is 8.38. The van der Waals surface area contributed by atoms with Crippen LogP contribution in [-0.4, -0.2) is 30.0 Å². The fourth-order valence-corrected chi connectivity index (χ4v) is 3.28. The summed E-state index contributed by atoms with van der Waals surface area (Å²) in [6, 6.07) is 8.81. The molecule has 0 aliphatic heterocycles. The predicted molar refractivity (Wildman–Crippen MR) is 89.9 cm³/mol. The first-order chi connectivity index (χ1) is 10.8. The molecule has 1 heterocycles. The van der Waals surface area contributed by atoms with E-state index in [2.05, 4.69) is 27.8 Å². The van der Waals surface area contributed by atoms with Gasteiger partial charge in [0.05, 0.1) is 6.54 Å². The highest BCUT2D eigenvalue weighted by Crippen LogP contribution is 2.18. The van der Waals surface area contributed by atoms with Gasteiger partial charge in [-0.3, -0.25) is 4.79 Å².